The topological polar surface area (TPSA) is 49.4 Å². The van der Waals surface area contributed by atoms with Crippen LogP contribution in [0, 0.1) is 0 Å². The van der Waals surface area contributed by atoms with E-state index in [2.05, 4.69) is 5.32 Å². The quantitative estimate of drug-likeness (QED) is 0.824. The van der Waals surface area contributed by atoms with Gasteiger partial charge in [0.2, 0.25) is 5.91 Å². The lowest BCUT2D eigenvalue weighted by Gasteiger charge is -2.19. The summed E-state index contributed by atoms with van der Waals surface area (Å²) in [6.07, 6.45) is 0.825. The van der Waals surface area contributed by atoms with Crippen molar-refractivity contribution in [3.05, 3.63) is 58.1 Å². The maximum atomic E-state index is 12.8. The molecule has 1 aliphatic heterocycles. The number of benzene rings is 2. The highest BCUT2D eigenvalue weighted by molar-refractivity contribution is 6.43. The second-order valence-corrected chi connectivity index (χ2v) is 6.34. The van der Waals surface area contributed by atoms with Gasteiger partial charge in [-0.25, -0.2) is 4.90 Å². The van der Waals surface area contributed by atoms with Crippen molar-refractivity contribution in [2.45, 2.75) is 25.8 Å². The van der Waals surface area contributed by atoms with E-state index in [4.69, 9.17) is 23.2 Å². The Labute approximate surface area is 150 Å². The minimum absolute atomic E-state index is 0.0831. The molecule has 0 spiro atoms. The van der Waals surface area contributed by atoms with Crippen molar-refractivity contribution >= 4 is 46.4 Å². The van der Waals surface area contributed by atoms with Crippen molar-refractivity contribution < 1.29 is 9.59 Å². The molecule has 124 valence electrons. The molecule has 0 bridgehead atoms. The van der Waals surface area contributed by atoms with E-state index in [1.165, 1.54) is 4.90 Å². The van der Waals surface area contributed by atoms with Crippen molar-refractivity contribution in [2.24, 2.45) is 0 Å². The van der Waals surface area contributed by atoms with Crippen LogP contribution in [-0.4, -0.2) is 17.9 Å². The summed E-state index contributed by atoms with van der Waals surface area (Å²) in [5.74, 6) is -0.506. The summed E-state index contributed by atoms with van der Waals surface area (Å²) >= 11 is 12.1. The van der Waals surface area contributed by atoms with Crippen molar-refractivity contribution in [2.75, 3.05) is 10.2 Å². The summed E-state index contributed by atoms with van der Waals surface area (Å²) in [7, 11) is 0. The lowest BCUT2D eigenvalue weighted by Crippen LogP contribution is -2.35. The van der Waals surface area contributed by atoms with Gasteiger partial charge < -0.3 is 5.32 Å². The van der Waals surface area contributed by atoms with Gasteiger partial charge in [0.25, 0.3) is 5.91 Å². The van der Waals surface area contributed by atoms with Gasteiger partial charge in [0.15, 0.2) is 0 Å². The fraction of sp³-hybridized carbons (Fsp3) is 0.222. The van der Waals surface area contributed by atoms with Gasteiger partial charge in [-0.3, -0.25) is 9.59 Å². The van der Waals surface area contributed by atoms with Crippen LogP contribution in [0.25, 0.3) is 0 Å². The summed E-state index contributed by atoms with van der Waals surface area (Å²) in [5.41, 5.74) is 2.15. The highest BCUT2D eigenvalue weighted by Crippen LogP contribution is 2.33. The van der Waals surface area contributed by atoms with E-state index in [1.807, 2.05) is 25.1 Å². The smallest absolute Gasteiger partial charge is 0.256 e. The Bertz CT molecular complexity index is 807. The second-order valence-electron chi connectivity index (χ2n) is 5.55. The van der Waals surface area contributed by atoms with Gasteiger partial charge in [0.1, 0.15) is 6.04 Å². The molecule has 1 fully saturated rings. The highest BCUT2D eigenvalue weighted by atomic mass is 35.5. The third-order valence-corrected chi connectivity index (χ3v) is 4.86. The van der Waals surface area contributed by atoms with Crippen LogP contribution in [0.3, 0.4) is 0 Å². The normalized spacial score (nSPS) is 17.5. The summed E-state index contributed by atoms with van der Waals surface area (Å²) < 4.78 is 0. The standard InChI is InChI=1S/C18H16Cl2N2O2/c1-2-11-6-3-4-9-15(11)22-16(23)10-14(18(22)24)21-13-8-5-7-12(19)17(13)20/h3-9,14,21H,2,10H2,1H3. The molecule has 2 aromatic carbocycles. The first-order valence-corrected chi connectivity index (χ1v) is 8.43. The average molecular weight is 363 g/mol. The van der Waals surface area contributed by atoms with Crippen molar-refractivity contribution in [3.63, 3.8) is 0 Å². The van der Waals surface area contributed by atoms with E-state index >= 15 is 0 Å². The zero-order valence-corrected chi connectivity index (χ0v) is 14.6. The van der Waals surface area contributed by atoms with E-state index in [0.29, 0.717) is 21.4 Å². The molecule has 0 aromatic heterocycles. The average Bonchev–Trinajstić information content (AvgIpc) is 2.85. The molecule has 6 heteroatoms. The second kappa shape index (κ2) is 6.83. The molecule has 2 amide bonds. The zero-order chi connectivity index (χ0) is 17.3. The highest BCUT2D eigenvalue weighted by Gasteiger charge is 2.40. The van der Waals surface area contributed by atoms with Crippen LogP contribution in [0.5, 0.6) is 0 Å². The molecule has 1 saturated heterocycles. The minimum atomic E-state index is -0.654. The van der Waals surface area contributed by atoms with Crippen LogP contribution >= 0.6 is 23.2 Å². The molecule has 1 aliphatic rings. The minimum Gasteiger partial charge on any atom is -0.372 e. The summed E-state index contributed by atoms with van der Waals surface area (Å²) in [4.78, 5) is 26.4. The molecule has 4 nitrogen and oxygen atoms in total. The Hall–Kier alpha value is -2.04. The van der Waals surface area contributed by atoms with Gasteiger partial charge in [-0.1, -0.05) is 54.4 Å². The van der Waals surface area contributed by atoms with Gasteiger partial charge >= 0.3 is 0 Å². The molecular formula is C18H16Cl2N2O2. The van der Waals surface area contributed by atoms with Gasteiger partial charge in [0, 0.05) is 0 Å². The fourth-order valence-corrected chi connectivity index (χ4v) is 3.18. The Balaban J connectivity index is 1.88. The third kappa shape index (κ3) is 2.99. The Morgan fingerprint density at radius 1 is 1.12 bits per heavy atom. The molecule has 24 heavy (non-hydrogen) atoms. The Morgan fingerprint density at radius 3 is 2.62 bits per heavy atom. The number of hydrogen-bond acceptors (Lipinski definition) is 3. The molecule has 1 atom stereocenters. The zero-order valence-electron chi connectivity index (χ0n) is 13.1. The van der Waals surface area contributed by atoms with Crippen LogP contribution in [0.15, 0.2) is 42.5 Å². The van der Waals surface area contributed by atoms with Gasteiger partial charge in [-0.2, -0.15) is 0 Å². The van der Waals surface area contributed by atoms with Crippen LogP contribution in [0.1, 0.15) is 18.9 Å². The van der Waals surface area contributed by atoms with Crippen LogP contribution in [-0.2, 0) is 16.0 Å². The summed E-state index contributed by atoms with van der Waals surface area (Å²) in [6, 6.07) is 11.9. The molecule has 2 aromatic rings. The number of halogens is 2. The Morgan fingerprint density at radius 2 is 1.88 bits per heavy atom. The largest absolute Gasteiger partial charge is 0.372 e. The first-order chi connectivity index (χ1) is 11.5. The maximum absolute atomic E-state index is 12.8. The summed E-state index contributed by atoms with van der Waals surface area (Å²) in [6.45, 7) is 1.99. The lowest BCUT2D eigenvalue weighted by molar-refractivity contribution is -0.121. The molecule has 1 heterocycles. The molecule has 0 radical (unpaired) electrons. The lowest BCUT2D eigenvalue weighted by atomic mass is 10.1. The Kier molecular flexibility index (Phi) is 4.78. The number of carbonyl (C=O) groups excluding carboxylic acids is 2. The van der Waals surface area contributed by atoms with Crippen LogP contribution in [0.2, 0.25) is 10.0 Å². The van der Waals surface area contributed by atoms with Crippen LogP contribution in [0.4, 0.5) is 11.4 Å². The van der Waals surface area contributed by atoms with Gasteiger partial charge in [0.05, 0.1) is 27.8 Å². The van der Waals surface area contributed by atoms with Crippen LogP contribution < -0.4 is 10.2 Å². The van der Waals surface area contributed by atoms with Crippen molar-refractivity contribution in [1.29, 1.82) is 0 Å². The van der Waals surface area contributed by atoms with E-state index in [-0.39, 0.29) is 18.2 Å². The number of nitrogens with zero attached hydrogens (tertiary/aromatic N) is 1. The number of rotatable bonds is 4. The molecule has 0 aliphatic carbocycles. The predicted molar refractivity (Wildman–Crippen MR) is 96.8 cm³/mol. The number of aryl methyl sites for hydroxylation is 1. The number of imide groups is 1. The molecule has 3 rings (SSSR count). The number of hydrogen-bond donors (Lipinski definition) is 1. The molecular weight excluding hydrogens is 347 g/mol. The van der Waals surface area contributed by atoms with Gasteiger partial charge in [-0.05, 0) is 30.2 Å². The molecule has 0 saturated carbocycles. The van der Waals surface area contributed by atoms with E-state index < -0.39 is 6.04 Å². The molecule has 1 N–H and O–H groups in total. The molecule has 1 unspecified atom stereocenters. The number of para-hydroxylation sites is 1. The third-order valence-electron chi connectivity index (χ3n) is 4.04. The number of nitrogens with one attached hydrogen (secondary N) is 1. The fourth-order valence-electron chi connectivity index (χ4n) is 2.83. The first-order valence-electron chi connectivity index (χ1n) is 7.68. The number of carbonyl (C=O) groups is 2. The van der Waals surface area contributed by atoms with Gasteiger partial charge in [-0.15, -0.1) is 0 Å². The number of anilines is 2. The number of amides is 2. The summed E-state index contributed by atoms with van der Waals surface area (Å²) in [5, 5.41) is 3.77. The van der Waals surface area contributed by atoms with E-state index in [1.54, 1.807) is 24.3 Å². The predicted octanol–water partition coefficient (Wildman–Crippen LogP) is 4.30. The SMILES string of the molecule is CCc1ccccc1N1C(=O)CC(Nc2cccc(Cl)c2Cl)C1=O. The monoisotopic (exact) mass is 362 g/mol. The van der Waals surface area contributed by atoms with Crippen molar-refractivity contribution in [3.8, 4) is 0 Å². The van der Waals surface area contributed by atoms with E-state index in [9.17, 15) is 9.59 Å². The van der Waals surface area contributed by atoms with Crippen molar-refractivity contribution in [1.82, 2.24) is 0 Å². The maximum Gasteiger partial charge on any atom is 0.256 e. The first kappa shape index (κ1) is 16.8. The van der Waals surface area contributed by atoms with E-state index in [0.717, 1.165) is 12.0 Å².